The lowest BCUT2D eigenvalue weighted by Crippen LogP contribution is -2.27. The van der Waals surface area contributed by atoms with Gasteiger partial charge in [-0.05, 0) is 29.7 Å². The van der Waals surface area contributed by atoms with Crippen molar-refractivity contribution in [1.82, 2.24) is 10.3 Å². The Bertz CT molecular complexity index is 671. The minimum absolute atomic E-state index is 0.116. The molecule has 5 heteroatoms. The van der Waals surface area contributed by atoms with E-state index >= 15 is 0 Å². The summed E-state index contributed by atoms with van der Waals surface area (Å²) in [5.41, 5.74) is 0.208. The molecule has 0 spiro atoms. The van der Waals surface area contributed by atoms with Crippen LogP contribution in [-0.4, -0.2) is 29.1 Å². The Labute approximate surface area is 135 Å². The highest BCUT2D eigenvalue weighted by Crippen LogP contribution is 2.22. The van der Waals surface area contributed by atoms with Crippen molar-refractivity contribution >= 4 is 28.3 Å². The zero-order chi connectivity index (χ0) is 16.2. The zero-order valence-electron chi connectivity index (χ0n) is 12.9. The highest BCUT2D eigenvalue weighted by Gasteiger charge is 2.16. The number of aliphatic hydroxyl groups excluding tert-OH is 1. The fourth-order valence-electron chi connectivity index (χ4n) is 2.21. The van der Waals surface area contributed by atoms with E-state index in [0.29, 0.717) is 17.4 Å². The van der Waals surface area contributed by atoms with Gasteiger partial charge in [0, 0.05) is 18.5 Å². The van der Waals surface area contributed by atoms with Gasteiger partial charge in [0.2, 0.25) is 0 Å². The van der Waals surface area contributed by atoms with E-state index in [2.05, 4.69) is 10.3 Å². The molecule has 0 radical (unpaired) electrons. The Morgan fingerprint density at radius 2 is 2.09 bits per heavy atom. The molecule has 22 heavy (non-hydrogen) atoms. The van der Waals surface area contributed by atoms with Crippen molar-refractivity contribution in [3.63, 3.8) is 0 Å². The predicted molar refractivity (Wildman–Crippen MR) is 89.2 cm³/mol. The molecule has 2 N–H and O–H groups in total. The van der Waals surface area contributed by atoms with Crippen LogP contribution in [0.25, 0.3) is 10.8 Å². The van der Waals surface area contributed by atoms with E-state index in [1.54, 1.807) is 6.07 Å². The number of carbonyl (C=O) groups is 1. The summed E-state index contributed by atoms with van der Waals surface area (Å²) in [7, 11) is 0. The smallest absolute Gasteiger partial charge is 0.269 e. The molecule has 0 aliphatic heterocycles. The Balaban J connectivity index is 1.98. The van der Waals surface area contributed by atoms with Gasteiger partial charge in [-0.15, -0.1) is 0 Å². The third-order valence-corrected chi connectivity index (χ3v) is 3.96. The average molecular weight is 321 g/mol. The summed E-state index contributed by atoms with van der Waals surface area (Å²) >= 11 is 6.13. The van der Waals surface area contributed by atoms with Gasteiger partial charge in [-0.3, -0.25) is 4.79 Å². The largest absolute Gasteiger partial charge is 0.396 e. The first-order valence-corrected chi connectivity index (χ1v) is 7.75. The second-order valence-corrected chi connectivity index (χ2v) is 6.56. The summed E-state index contributed by atoms with van der Waals surface area (Å²) in [6, 6.07) is 9.32. The third-order valence-electron chi connectivity index (χ3n) is 3.67. The number of nitrogens with zero attached hydrogens (tertiary/aromatic N) is 1. The van der Waals surface area contributed by atoms with Gasteiger partial charge in [0.15, 0.2) is 0 Å². The van der Waals surface area contributed by atoms with Crippen LogP contribution in [0.15, 0.2) is 30.3 Å². The SMILES string of the molecule is CC(C)(CO)CCCNC(=O)c1cc2ccccc2c(Cl)n1. The molecular weight excluding hydrogens is 300 g/mol. The number of pyridine rings is 1. The lowest BCUT2D eigenvalue weighted by atomic mass is 9.89. The van der Waals surface area contributed by atoms with Crippen molar-refractivity contribution in [3.8, 4) is 0 Å². The fourth-order valence-corrected chi connectivity index (χ4v) is 2.47. The summed E-state index contributed by atoms with van der Waals surface area (Å²) in [6.07, 6.45) is 1.65. The number of hydrogen-bond acceptors (Lipinski definition) is 3. The number of fused-ring (bicyclic) bond motifs is 1. The van der Waals surface area contributed by atoms with Crippen LogP contribution >= 0.6 is 11.6 Å². The van der Waals surface area contributed by atoms with E-state index in [1.807, 2.05) is 38.1 Å². The summed E-state index contributed by atoms with van der Waals surface area (Å²) < 4.78 is 0. The Kier molecular flexibility index (Phi) is 5.37. The van der Waals surface area contributed by atoms with Crippen molar-refractivity contribution in [3.05, 3.63) is 41.2 Å². The van der Waals surface area contributed by atoms with Gasteiger partial charge < -0.3 is 10.4 Å². The molecule has 1 heterocycles. The summed E-state index contributed by atoms with van der Waals surface area (Å²) in [5.74, 6) is -0.227. The molecule has 4 nitrogen and oxygen atoms in total. The molecule has 1 aromatic heterocycles. The molecule has 0 aliphatic rings. The van der Waals surface area contributed by atoms with E-state index < -0.39 is 0 Å². The summed E-state index contributed by atoms with van der Waals surface area (Å²) in [4.78, 5) is 16.3. The van der Waals surface area contributed by atoms with E-state index in [4.69, 9.17) is 11.6 Å². The quantitative estimate of drug-likeness (QED) is 0.633. The van der Waals surface area contributed by atoms with Crippen molar-refractivity contribution in [2.75, 3.05) is 13.2 Å². The van der Waals surface area contributed by atoms with E-state index in [9.17, 15) is 9.90 Å². The minimum Gasteiger partial charge on any atom is -0.396 e. The van der Waals surface area contributed by atoms with Crippen molar-refractivity contribution < 1.29 is 9.90 Å². The van der Waals surface area contributed by atoms with Crippen LogP contribution in [0.3, 0.4) is 0 Å². The number of amides is 1. The number of aromatic nitrogens is 1. The maximum atomic E-state index is 12.2. The maximum Gasteiger partial charge on any atom is 0.269 e. The van der Waals surface area contributed by atoms with Crippen molar-refractivity contribution in [2.24, 2.45) is 5.41 Å². The maximum absolute atomic E-state index is 12.2. The fraction of sp³-hybridized carbons (Fsp3) is 0.412. The summed E-state index contributed by atoms with van der Waals surface area (Å²) in [5, 5.41) is 14.1. The van der Waals surface area contributed by atoms with Crippen LogP contribution in [0.4, 0.5) is 0 Å². The standard InChI is InChI=1S/C17H21ClN2O2/c1-17(2,11-21)8-5-9-19-16(22)14-10-12-6-3-4-7-13(12)15(18)20-14/h3-4,6-7,10,21H,5,8-9,11H2,1-2H3,(H,19,22). The molecular formula is C17H21ClN2O2. The Morgan fingerprint density at radius 3 is 2.82 bits per heavy atom. The van der Waals surface area contributed by atoms with Crippen molar-refractivity contribution in [2.45, 2.75) is 26.7 Å². The number of benzene rings is 1. The van der Waals surface area contributed by atoms with Gasteiger partial charge in [0.05, 0.1) is 0 Å². The number of halogens is 1. The highest BCUT2D eigenvalue weighted by molar-refractivity contribution is 6.34. The molecule has 0 fully saturated rings. The lowest BCUT2D eigenvalue weighted by molar-refractivity contribution is 0.0944. The molecule has 0 saturated heterocycles. The molecule has 1 aromatic carbocycles. The molecule has 2 rings (SSSR count). The predicted octanol–water partition coefficient (Wildman–Crippen LogP) is 3.42. The van der Waals surface area contributed by atoms with Gasteiger partial charge in [0.1, 0.15) is 10.8 Å². The summed E-state index contributed by atoms with van der Waals surface area (Å²) in [6.45, 7) is 4.69. The minimum atomic E-state index is -0.227. The second kappa shape index (κ2) is 7.07. The van der Waals surface area contributed by atoms with Gasteiger partial charge in [0.25, 0.3) is 5.91 Å². The monoisotopic (exact) mass is 320 g/mol. The number of hydrogen-bond donors (Lipinski definition) is 2. The van der Waals surface area contributed by atoms with Crippen LogP contribution in [0, 0.1) is 5.41 Å². The molecule has 2 aromatic rings. The molecule has 0 aliphatic carbocycles. The Hall–Kier alpha value is -1.65. The highest BCUT2D eigenvalue weighted by atomic mass is 35.5. The first-order valence-electron chi connectivity index (χ1n) is 7.37. The van der Waals surface area contributed by atoms with Gasteiger partial charge >= 0.3 is 0 Å². The second-order valence-electron chi connectivity index (χ2n) is 6.20. The van der Waals surface area contributed by atoms with E-state index in [1.165, 1.54) is 0 Å². The normalized spacial score (nSPS) is 11.6. The number of nitrogens with one attached hydrogen (secondary N) is 1. The first-order chi connectivity index (χ1) is 10.4. The van der Waals surface area contributed by atoms with Gasteiger partial charge in [-0.1, -0.05) is 49.7 Å². The first kappa shape index (κ1) is 16.7. The number of rotatable bonds is 6. The molecule has 118 valence electrons. The van der Waals surface area contributed by atoms with Crippen LogP contribution in [0.1, 0.15) is 37.2 Å². The van der Waals surface area contributed by atoms with Crippen LogP contribution in [-0.2, 0) is 0 Å². The molecule has 0 bridgehead atoms. The van der Waals surface area contributed by atoms with E-state index in [0.717, 1.165) is 23.6 Å². The lowest BCUT2D eigenvalue weighted by Gasteiger charge is -2.21. The Morgan fingerprint density at radius 1 is 1.36 bits per heavy atom. The molecule has 0 atom stereocenters. The van der Waals surface area contributed by atoms with Crippen LogP contribution in [0.5, 0.6) is 0 Å². The van der Waals surface area contributed by atoms with Crippen LogP contribution in [0.2, 0.25) is 5.15 Å². The van der Waals surface area contributed by atoms with Crippen LogP contribution < -0.4 is 5.32 Å². The van der Waals surface area contributed by atoms with Crippen molar-refractivity contribution in [1.29, 1.82) is 0 Å². The number of carbonyl (C=O) groups excluding carboxylic acids is 1. The topological polar surface area (TPSA) is 62.2 Å². The van der Waals surface area contributed by atoms with Gasteiger partial charge in [-0.2, -0.15) is 0 Å². The molecule has 0 saturated carbocycles. The van der Waals surface area contributed by atoms with E-state index in [-0.39, 0.29) is 17.9 Å². The zero-order valence-corrected chi connectivity index (χ0v) is 13.7. The van der Waals surface area contributed by atoms with Gasteiger partial charge in [-0.25, -0.2) is 4.98 Å². The third kappa shape index (κ3) is 4.18. The number of aliphatic hydroxyl groups is 1. The molecule has 1 amide bonds. The average Bonchev–Trinajstić information content (AvgIpc) is 2.51. The molecule has 0 unspecified atom stereocenters.